The van der Waals surface area contributed by atoms with E-state index in [1.165, 1.54) is 0 Å². The summed E-state index contributed by atoms with van der Waals surface area (Å²) >= 11 is 0. The summed E-state index contributed by atoms with van der Waals surface area (Å²) in [5, 5.41) is 3.38. The van der Waals surface area contributed by atoms with Gasteiger partial charge in [-0.1, -0.05) is 30.3 Å². The van der Waals surface area contributed by atoms with Gasteiger partial charge in [0.1, 0.15) is 6.10 Å². The fourth-order valence-corrected chi connectivity index (χ4v) is 3.41. The molecular weight excluding hydrogens is 326 g/mol. The number of ether oxygens (including phenoxy) is 1. The Balaban J connectivity index is 0.00000208. The highest BCUT2D eigenvalue weighted by atomic mass is 35.5. The van der Waals surface area contributed by atoms with Crippen molar-refractivity contribution in [2.24, 2.45) is 0 Å². The molecule has 1 amide bonds. The number of hydrogen-bond acceptors (Lipinski definition) is 4. The number of piperazine rings is 1. The third-order valence-electron chi connectivity index (χ3n) is 4.83. The summed E-state index contributed by atoms with van der Waals surface area (Å²) in [5.41, 5.74) is 1.10. The molecule has 3 rings (SSSR count). The lowest BCUT2D eigenvalue weighted by Gasteiger charge is -2.32. The molecule has 1 N–H and O–H groups in total. The second-order valence-corrected chi connectivity index (χ2v) is 6.45. The van der Waals surface area contributed by atoms with Gasteiger partial charge in [-0.15, -0.1) is 12.4 Å². The predicted octanol–water partition coefficient (Wildman–Crippen LogP) is 1.52. The van der Waals surface area contributed by atoms with Crippen LogP contribution in [-0.2, 0) is 16.1 Å². The maximum Gasteiger partial charge on any atom is 0.251 e. The Labute approximate surface area is 150 Å². The quantitative estimate of drug-likeness (QED) is 0.871. The van der Waals surface area contributed by atoms with E-state index in [4.69, 9.17) is 4.74 Å². The molecule has 6 heteroatoms. The summed E-state index contributed by atoms with van der Waals surface area (Å²) < 4.78 is 5.77. The summed E-state index contributed by atoms with van der Waals surface area (Å²) in [6.45, 7) is 8.35. The topological polar surface area (TPSA) is 44.8 Å². The largest absolute Gasteiger partial charge is 0.364 e. The lowest BCUT2D eigenvalue weighted by molar-refractivity contribution is -0.142. The molecule has 134 valence electrons. The standard InChI is InChI=1S/C18H27N3O2.ClH/c1-15(23-14-16-5-3-2-4-6-16)18(22)21-10-7-17(13-21)20-11-8-19-9-12-20;/h2-6,15,17,19H,7-14H2,1H3;1H. The van der Waals surface area contributed by atoms with Gasteiger partial charge in [0.2, 0.25) is 0 Å². The van der Waals surface area contributed by atoms with E-state index < -0.39 is 0 Å². The van der Waals surface area contributed by atoms with E-state index >= 15 is 0 Å². The molecule has 2 atom stereocenters. The van der Waals surface area contributed by atoms with Crippen LogP contribution in [0.1, 0.15) is 18.9 Å². The molecule has 0 saturated carbocycles. The van der Waals surface area contributed by atoms with Crippen molar-refractivity contribution in [3.8, 4) is 0 Å². The fourth-order valence-electron chi connectivity index (χ4n) is 3.41. The number of likely N-dealkylation sites (tertiary alicyclic amines) is 1. The van der Waals surface area contributed by atoms with Crippen LogP contribution in [0.5, 0.6) is 0 Å². The first-order valence-electron chi connectivity index (χ1n) is 8.63. The first-order valence-corrected chi connectivity index (χ1v) is 8.63. The molecule has 2 fully saturated rings. The van der Waals surface area contributed by atoms with E-state index in [1.54, 1.807) is 0 Å². The van der Waals surface area contributed by atoms with Gasteiger partial charge in [-0.2, -0.15) is 0 Å². The van der Waals surface area contributed by atoms with Crippen molar-refractivity contribution >= 4 is 18.3 Å². The number of halogens is 1. The van der Waals surface area contributed by atoms with E-state index in [2.05, 4.69) is 10.2 Å². The molecule has 24 heavy (non-hydrogen) atoms. The minimum absolute atomic E-state index is 0. The number of benzene rings is 1. The maximum absolute atomic E-state index is 12.6. The second kappa shape index (κ2) is 9.37. The molecule has 2 heterocycles. The summed E-state index contributed by atoms with van der Waals surface area (Å²) in [7, 11) is 0. The third-order valence-corrected chi connectivity index (χ3v) is 4.83. The van der Waals surface area contributed by atoms with Gasteiger partial charge in [0.05, 0.1) is 6.61 Å². The summed E-state index contributed by atoms with van der Waals surface area (Å²) in [6.07, 6.45) is 0.703. The van der Waals surface area contributed by atoms with Crippen molar-refractivity contribution in [2.75, 3.05) is 39.3 Å². The summed E-state index contributed by atoms with van der Waals surface area (Å²) in [4.78, 5) is 17.1. The van der Waals surface area contributed by atoms with Gasteiger partial charge in [-0.25, -0.2) is 0 Å². The van der Waals surface area contributed by atoms with Gasteiger partial charge in [0, 0.05) is 45.3 Å². The van der Waals surface area contributed by atoms with E-state index in [0.29, 0.717) is 12.6 Å². The normalized spacial score (nSPS) is 22.9. The zero-order valence-electron chi connectivity index (χ0n) is 14.3. The Kier molecular flexibility index (Phi) is 7.49. The third kappa shape index (κ3) is 4.93. The first kappa shape index (κ1) is 19.2. The van der Waals surface area contributed by atoms with Gasteiger partial charge >= 0.3 is 0 Å². The Morgan fingerprint density at radius 3 is 2.67 bits per heavy atom. The average molecular weight is 354 g/mol. The molecule has 2 aliphatic rings. The van der Waals surface area contributed by atoms with Crippen LogP contribution in [0.4, 0.5) is 0 Å². The molecule has 0 bridgehead atoms. The highest BCUT2D eigenvalue weighted by Crippen LogP contribution is 2.18. The van der Waals surface area contributed by atoms with Crippen LogP contribution >= 0.6 is 12.4 Å². The van der Waals surface area contributed by atoms with Crippen molar-refractivity contribution in [1.82, 2.24) is 15.1 Å². The molecule has 1 aromatic carbocycles. The molecule has 0 spiro atoms. The highest BCUT2D eigenvalue weighted by Gasteiger charge is 2.32. The molecule has 1 aromatic rings. The Morgan fingerprint density at radius 2 is 1.96 bits per heavy atom. The molecule has 0 aromatic heterocycles. The minimum atomic E-state index is -0.378. The van der Waals surface area contributed by atoms with Crippen LogP contribution in [0, 0.1) is 0 Å². The molecule has 2 unspecified atom stereocenters. The van der Waals surface area contributed by atoms with Gasteiger partial charge in [-0.05, 0) is 18.9 Å². The van der Waals surface area contributed by atoms with E-state index in [0.717, 1.165) is 51.3 Å². The Bertz CT molecular complexity index is 508. The summed E-state index contributed by atoms with van der Waals surface area (Å²) in [6, 6.07) is 10.5. The van der Waals surface area contributed by atoms with Crippen LogP contribution in [0.3, 0.4) is 0 Å². The van der Waals surface area contributed by atoms with Crippen LogP contribution in [0.15, 0.2) is 30.3 Å². The molecular formula is C18H28ClN3O2. The van der Waals surface area contributed by atoms with Crippen LogP contribution in [-0.4, -0.2) is 67.1 Å². The molecule has 2 aliphatic heterocycles. The highest BCUT2D eigenvalue weighted by molar-refractivity contribution is 5.85. The lowest BCUT2D eigenvalue weighted by Crippen LogP contribution is -2.49. The van der Waals surface area contributed by atoms with E-state index in [9.17, 15) is 4.79 Å². The maximum atomic E-state index is 12.6. The number of carbonyl (C=O) groups excluding carboxylic acids is 1. The smallest absolute Gasteiger partial charge is 0.251 e. The SMILES string of the molecule is CC(OCc1ccccc1)C(=O)N1CCC(N2CCNCC2)C1.Cl. The average Bonchev–Trinajstić information content (AvgIpc) is 3.11. The molecule has 5 nitrogen and oxygen atoms in total. The van der Waals surface area contributed by atoms with Crippen molar-refractivity contribution in [1.29, 1.82) is 0 Å². The number of amides is 1. The van der Waals surface area contributed by atoms with Crippen molar-refractivity contribution in [2.45, 2.75) is 32.1 Å². The van der Waals surface area contributed by atoms with Crippen molar-refractivity contribution in [3.05, 3.63) is 35.9 Å². The Hall–Kier alpha value is -1.14. The predicted molar refractivity (Wildman–Crippen MR) is 97.4 cm³/mol. The molecule has 2 saturated heterocycles. The number of nitrogens with zero attached hydrogens (tertiary/aromatic N) is 2. The minimum Gasteiger partial charge on any atom is -0.364 e. The number of nitrogens with one attached hydrogen (secondary N) is 1. The molecule has 0 radical (unpaired) electrons. The van der Waals surface area contributed by atoms with Crippen molar-refractivity contribution in [3.63, 3.8) is 0 Å². The summed E-state index contributed by atoms with van der Waals surface area (Å²) in [5.74, 6) is 0.124. The van der Waals surface area contributed by atoms with Gasteiger partial charge in [0.25, 0.3) is 5.91 Å². The second-order valence-electron chi connectivity index (χ2n) is 6.45. The zero-order chi connectivity index (χ0) is 16.1. The van der Waals surface area contributed by atoms with Gasteiger partial charge in [0.15, 0.2) is 0 Å². The van der Waals surface area contributed by atoms with Crippen LogP contribution < -0.4 is 5.32 Å². The van der Waals surface area contributed by atoms with Crippen LogP contribution in [0.25, 0.3) is 0 Å². The number of rotatable bonds is 5. The van der Waals surface area contributed by atoms with Crippen LogP contribution in [0.2, 0.25) is 0 Å². The monoisotopic (exact) mass is 353 g/mol. The lowest BCUT2D eigenvalue weighted by atomic mass is 10.2. The zero-order valence-corrected chi connectivity index (χ0v) is 15.1. The van der Waals surface area contributed by atoms with E-state index in [1.807, 2.05) is 42.2 Å². The Morgan fingerprint density at radius 1 is 1.25 bits per heavy atom. The van der Waals surface area contributed by atoms with E-state index in [-0.39, 0.29) is 24.4 Å². The fraction of sp³-hybridized carbons (Fsp3) is 0.611. The first-order chi connectivity index (χ1) is 11.2. The number of hydrogen-bond donors (Lipinski definition) is 1. The van der Waals surface area contributed by atoms with Crippen molar-refractivity contribution < 1.29 is 9.53 Å². The van der Waals surface area contributed by atoms with Gasteiger partial charge in [-0.3, -0.25) is 9.69 Å². The van der Waals surface area contributed by atoms with Gasteiger partial charge < -0.3 is 15.0 Å². The number of carbonyl (C=O) groups is 1. The molecule has 0 aliphatic carbocycles.